The van der Waals surface area contributed by atoms with Gasteiger partial charge in [0.15, 0.2) is 11.8 Å². The van der Waals surface area contributed by atoms with E-state index >= 15 is 0 Å². The Morgan fingerprint density at radius 2 is 2.00 bits per heavy atom. The van der Waals surface area contributed by atoms with Crippen molar-refractivity contribution in [1.82, 2.24) is 4.90 Å². The zero-order valence-electron chi connectivity index (χ0n) is 20.6. The van der Waals surface area contributed by atoms with Gasteiger partial charge in [0.25, 0.3) is 11.8 Å². The third-order valence-corrected chi connectivity index (χ3v) is 7.44. The number of hydrogen-bond donors (Lipinski definition) is 1. The average molecular weight is 595 g/mol. The Hall–Kier alpha value is -4.19. The normalized spacial score (nSPS) is 15.4. The van der Waals surface area contributed by atoms with Crippen LogP contribution in [-0.4, -0.2) is 34.7 Å². The highest BCUT2D eigenvalue weighted by molar-refractivity contribution is 8.18. The molecule has 2 amide bonds. The smallest absolute Gasteiger partial charge is 0.267 e. The minimum atomic E-state index is -0.436. The zero-order chi connectivity index (χ0) is 27.9. The Morgan fingerprint density at radius 3 is 2.75 bits per heavy atom. The topological polar surface area (TPSA) is 96.5 Å². The first-order valence-electron chi connectivity index (χ1n) is 11.8. The molecule has 1 aliphatic rings. The van der Waals surface area contributed by atoms with Crippen molar-refractivity contribution in [2.24, 2.45) is 10.2 Å². The molecule has 3 heterocycles. The monoisotopic (exact) mass is 594 g/mol. The summed E-state index contributed by atoms with van der Waals surface area (Å²) in [7, 11) is 0. The van der Waals surface area contributed by atoms with E-state index in [1.807, 2.05) is 17.5 Å². The van der Waals surface area contributed by atoms with Crippen molar-refractivity contribution in [3.8, 4) is 5.75 Å². The number of amides is 2. The van der Waals surface area contributed by atoms with E-state index < -0.39 is 11.7 Å². The number of carbonyl (C=O) groups is 2. The molecule has 1 N–H and O–H groups in total. The molecule has 40 heavy (non-hydrogen) atoms. The van der Waals surface area contributed by atoms with Crippen molar-refractivity contribution in [1.29, 1.82) is 0 Å². The minimum Gasteiger partial charge on any atom is -0.483 e. The number of thioether (sulfide) groups is 1. The fourth-order valence-electron chi connectivity index (χ4n) is 3.56. The number of rotatable bonds is 9. The Balaban J connectivity index is 1.35. The number of furan rings is 1. The second-order valence-electron chi connectivity index (χ2n) is 8.25. The molecule has 202 valence electrons. The molecule has 0 spiro atoms. The summed E-state index contributed by atoms with van der Waals surface area (Å²) in [6.45, 7) is -0.142. The van der Waals surface area contributed by atoms with Gasteiger partial charge in [0.05, 0.1) is 23.9 Å². The molecule has 0 unspecified atom stereocenters. The van der Waals surface area contributed by atoms with Gasteiger partial charge in [-0.1, -0.05) is 17.7 Å². The third kappa shape index (κ3) is 7.06. The van der Waals surface area contributed by atoms with Gasteiger partial charge in [-0.3, -0.25) is 14.5 Å². The van der Waals surface area contributed by atoms with E-state index in [1.165, 1.54) is 46.8 Å². The van der Waals surface area contributed by atoms with E-state index in [4.69, 9.17) is 20.8 Å². The maximum Gasteiger partial charge on any atom is 0.267 e. The van der Waals surface area contributed by atoms with E-state index in [0.29, 0.717) is 37.9 Å². The number of ether oxygens (including phenoxy) is 1. The molecule has 12 heteroatoms. The Bertz CT molecular complexity index is 1590. The third-order valence-electron chi connectivity index (χ3n) is 5.40. The number of hydrogen-bond acceptors (Lipinski definition) is 8. The molecular formula is C28H20ClFN4O4S2. The molecule has 0 atom stereocenters. The molecule has 4 aromatic rings. The molecule has 0 aliphatic carbocycles. The molecule has 0 radical (unpaired) electrons. The van der Waals surface area contributed by atoms with Crippen LogP contribution < -0.4 is 10.1 Å². The number of carbonyl (C=O) groups excluding carboxylic acids is 2. The summed E-state index contributed by atoms with van der Waals surface area (Å²) < 4.78 is 24.3. The van der Waals surface area contributed by atoms with Crippen LogP contribution >= 0.6 is 34.7 Å². The van der Waals surface area contributed by atoms with Crippen LogP contribution in [0.15, 0.2) is 97.9 Å². The van der Waals surface area contributed by atoms with Crippen LogP contribution in [0.5, 0.6) is 5.75 Å². The van der Waals surface area contributed by atoms with Gasteiger partial charge in [0, 0.05) is 21.2 Å². The van der Waals surface area contributed by atoms with E-state index in [2.05, 4.69) is 15.5 Å². The standard InChI is InChI=1S/C28H20ClFN4O4S2/c29-19-5-10-24(38-17-26(35)32-21-8-6-20(30)7-9-21)18(13-19)14-25-27(36)34(16-22-3-1-11-37-22)28(40-25)33-31-15-23-4-2-12-39-23/h1-15H,16-17H2,(H,32,35)/b25-14-,31-15-,33-28+. The van der Waals surface area contributed by atoms with Crippen LogP contribution in [0.3, 0.4) is 0 Å². The fourth-order valence-corrected chi connectivity index (χ4v) is 5.24. The predicted molar refractivity (Wildman–Crippen MR) is 156 cm³/mol. The maximum absolute atomic E-state index is 13.4. The van der Waals surface area contributed by atoms with Gasteiger partial charge in [-0.15, -0.1) is 16.4 Å². The van der Waals surface area contributed by atoms with E-state index in [9.17, 15) is 14.0 Å². The fraction of sp³-hybridized carbons (Fsp3) is 0.0714. The number of nitrogens with one attached hydrogen (secondary N) is 1. The largest absolute Gasteiger partial charge is 0.483 e. The van der Waals surface area contributed by atoms with Crippen LogP contribution in [0.1, 0.15) is 16.2 Å². The SMILES string of the molecule is O=C(COc1ccc(Cl)cc1/C=C1\S/C(=N/N=C\c2cccs2)N(Cc2ccco2)C1=O)Nc1ccc(F)cc1. The van der Waals surface area contributed by atoms with Crippen LogP contribution in [0.2, 0.25) is 5.02 Å². The lowest BCUT2D eigenvalue weighted by molar-refractivity contribution is -0.122. The first-order valence-corrected chi connectivity index (χ1v) is 13.9. The summed E-state index contributed by atoms with van der Waals surface area (Å²) in [5, 5.41) is 13.8. The zero-order valence-corrected chi connectivity index (χ0v) is 23.0. The first-order chi connectivity index (χ1) is 19.4. The minimum absolute atomic E-state index is 0.173. The van der Waals surface area contributed by atoms with Crippen LogP contribution in [0.4, 0.5) is 10.1 Å². The van der Waals surface area contributed by atoms with Crippen LogP contribution in [0.25, 0.3) is 6.08 Å². The Labute approximate surface area is 241 Å². The maximum atomic E-state index is 13.4. The van der Waals surface area contributed by atoms with E-state index in [0.717, 1.165) is 16.6 Å². The van der Waals surface area contributed by atoms with Crippen LogP contribution in [-0.2, 0) is 16.1 Å². The van der Waals surface area contributed by atoms with Gasteiger partial charge in [-0.25, -0.2) is 4.39 Å². The molecule has 8 nitrogen and oxygen atoms in total. The number of benzene rings is 2. The van der Waals surface area contributed by atoms with Gasteiger partial charge < -0.3 is 14.5 Å². The highest BCUT2D eigenvalue weighted by Gasteiger charge is 2.34. The highest BCUT2D eigenvalue weighted by Crippen LogP contribution is 2.36. The summed E-state index contributed by atoms with van der Waals surface area (Å²) >= 11 is 8.91. The molecule has 5 rings (SSSR count). The van der Waals surface area contributed by atoms with Gasteiger partial charge in [-0.05, 0) is 83.9 Å². The van der Waals surface area contributed by atoms with Crippen molar-refractivity contribution < 1.29 is 23.1 Å². The number of thiophene rings is 1. The van der Waals surface area contributed by atoms with Gasteiger partial charge >= 0.3 is 0 Å². The lowest BCUT2D eigenvalue weighted by Gasteiger charge is -2.12. The molecule has 1 aliphatic heterocycles. The summed E-state index contributed by atoms with van der Waals surface area (Å²) in [5.74, 6) is -0.208. The quantitative estimate of drug-likeness (QED) is 0.133. The summed E-state index contributed by atoms with van der Waals surface area (Å²) in [4.78, 5) is 28.6. The van der Waals surface area contributed by atoms with Gasteiger partial charge in [0.2, 0.25) is 0 Å². The van der Waals surface area contributed by atoms with Crippen molar-refractivity contribution >= 4 is 69.7 Å². The number of amidine groups is 1. The van der Waals surface area contributed by atoms with Crippen molar-refractivity contribution in [3.05, 3.63) is 110 Å². The van der Waals surface area contributed by atoms with Crippen LogP contribution in [0, 0.1) is 5.82 Å². The number of nitrogens with zero attached hydrogens (tertiary/aromatic N) is 3. The van der Waals surface area contributed by atoms with Crippen molar-refractivity contribution in [3.63, 3.8) is 0 Å². The summed E-state index contributed by atoms with van der Waals surface area (Å²) in [6.07, 6.45) is 4.79. The van der Waals surface area contributed by atoms with Crippen molar-refractivity contribution in [2.45, 2.75) is 6.54 Å². The molecule has 2 aromatic heterocycles. The molecule has 1 fully saturated rings. The predicted octanol–water partition coefficient (Wildman–Crippen LogP) is 6.66. The first kappa shape index (κ1) is 27.4. The summed E-state index contributed by atoms with van der Waals surface area (Å²) in [6, 6.07) is 17.6. The average Bonchev–Trinajstić information content (AvgIpc) is 3.70. The molecule has 0 bridgehead atoms. The second-order valence-corrected chi connectivity index (χ2v) is 10.7. The molecule has 0 saturated carbocycles. The summed E-state index contributed by atoms with van der Waals surface area (Å²) in [5.41, 5.74) is 0.936. The van der Waals surface area contributed by atoms with E-state index in [1.54, 1.807) is 42.6 Å². The van der Waals surface area contributed by atoms with Gasteiger partial charge in [0.1, 0.15) is 17.3 Å². The second kappa shape index (κ2) is 12.8. The lowest BCUT2D eigenvalue weighted by Crippen LogP contribution is -2.28. The number of anilines is 1. The molecule has 1 saturated heterocycles. The molecule has 2 aromatic carbocycles. The Morgan fingerprint density at radius 1 is 1.15 bits per heavy atom. The Kier molecular flexibility index (Phi) is 8.74. The van der Waals surface area contributed by atoms with Crippen molar-refractivity contribution in [2.75, 3.05) is 11.9 Å². The lowest BCUT2D eigenvalue weighted by atomic mass is 10.2. The van der Waals surface area contributed by atoms with E-state index in [-0.39, 0.29) is 19.1 Å². The molecular weight excluding hydrogens is 575 g/mol. The highest BCUT2D eigenvalue weighted by atomic mass is 35.5. The number of halogens is 2. The van der Waals surface area contributed by atoms with Gasteiger partial charge in [-0.2, -0.15) is 5.10 Å².